The average Bonchev–Trinajstić information content (AvgIpc) is 2.83. The van der Waals surface area contributed by atoms with Gasteiger partial charge in [0.2, 0.25) is 15.9 Å². The lowest BCUT2D eigenvalue weighted by Gasteiger charge is -2.15. The molecule has 1 fully saturated rings. The second-order valence-electron chi connectivity index (χ2n) is 4.28. The molecule has 0 aliphatic carbocycles. The van der Waals surface area contributed by atoms with E-state index in [0.29, 0.717) is 13.0 Å². The van der Waals surface area contributed by atoms with Crippen LogP contribution in [0.4, 0.5) is 5.69 Å². The molecule has 1 heterocycles. The number of hydrogen-bond acceptors (Lipinski definition) is 3. The first-order valence-corrected chi connectivity index (χ1v) is 7.54. The first-order chi connectivity index (χ1) is 9.04. The molecular weight excluding hydrogens is 264 g/mol. The molecule has 1 N–H and O–H groups in total. The number of nitrogens with one attached hydrogen (secondary N) is 1. The quantitative estimate of drug-likeness (QED) is 0.826. The predicted molar refractivity (Wildman–Crippen MR) is 73.4 cm³/mol. The van der Waals surface area contributed by atoms with E-state index in [1.165, 1.54) is 18.2 Å². The molecule has 5 nitrogen and oxygen atoms in total. The van der Waals surface area contributed by atoms with Gasteiger partial charge in [-0.2, -0.15) is 0 Å². The van der Waals surface area contributed by atoms with E-state index >= 15 is 0 Å². The lowest BCUT2D eigenvalue weighted by atomic mass is 10.3. The molecule has 1 aromatic rings. The Morgan fingerprint density at radius 2 is 2.00 bits per heavy atom. The van der Waals surface area contributed by atoms with Gasteiger partial charge >= 0.3 is 0 Å². The predicted octanol–water partition coefficient (Wildman–Crippen LogP) is 1.28. The lowest BCUT2D eigenvalue weighted by Crippen LogP contribution is -2.25. The first-order valence-electron chi connectivity index (χ1n) is 6.05. The van der Waals surface area contributed by atoms with Gasteiger partial charge < -0.3 is 4.90 Å². The Morgan fingerprint density at radius 1 is 1.32 bits per heavy atom. The minimum atomic E-state index is -3.50. The van der Waals surface area contributed by atoms with Gasteiger partial charge in [0.1, 0.15) is 0 Å². The van der Waals surface area contributed by atoms with Crippen LogP contribution in [0.15, 0.2) is 41.8 Å². The summed E-state index contributed by atoms with van der Waals surface area (Å²) in [6, 6.07) is 6.33. The maximum atomic E-state index is 11.8. The monoisotopic (exact) mass is 280 g/mol. The van der Waals surface area contributed by atoms with Crippen molar-refractivity contribution < 1.29 is 13.2 Å². The number of carbonyl (C=O) groups is 1. The largest absolute Gasteiger partial charge is 0.312 e. The van der Waals surface area contributed by atoms with Crippen LogP contribution in [0.1, 0.15) is 12.8 Å². The average molecular weight is 280 g/mol. The highest BCUT2D eigenvalue weighted by Gasteiger charge is 2.22. The van der Waals surface area contributed by atoms with Crippen LogP contribution in [0.5, 0.6) is 0 Å². The molecule has 0 saturated carbocycles. The van der Waals surface area contributed by atoms with E-state index in [0.717, 1.165) is 12.1 Å². The Balaban J connectivity index is 2.18. The maximum Gasteiger partial charge on any atom is 0.240 e. The maximum absolute atomic E-state index is 11.8. The number of carbonyl (C=O) groups excluding carboxylic acids is 1. The zero-order chi connectivity index (χ0) is 13.9. The molecule has 0 unspecified atom stereocenters. The van der Waals surface area contributed by atoms with Gasteiger partial charge in [-0.25, -0.2) is 13.1 Å². The number of benzene rings is 1. The van der Waals surface area contributed by atoms with Gasteiger partial charge in [0.25, 0.3) is 0 Å². The van der Waals surface area contributed by atoms with Crippen molar-refractivity contribution in [3.63, 3.8) is 0 Å². The number of amides is 1. The molecule has 2 rings (SSSR count). The van der Waals surface area contributed by atoms with Crippen molar-refractivity contribution in [2.75, 3.05) is 18.0 Å². The van der Waals surface area contributed by atoms with Crippen molar-refractivity contribution in [3.05, 3.63) is 36.9 Å². The van der Waals surface area contributed by atoms with Gasteiger partial charge in [-0.15, -0.1) is 6.58 Å². The Morgan fingerprint density at radius 3 is 2.53 bits per heavy atom. The van der Waals surface area contributed by atoms with Gasteiger partial charge in [0, 0.05) is 25.2 Å². The zero-order valence-electron chi connectivity index (χ0n) is 10.5. The molecular formula is C13H16N2O3S. The Kier molecular flexibility index (Phi) is 4.01. The van der Waals surface area contributed by atoms with Crippen molar-refractivity contribution >= 4 is 21.6 Å². The van der Waals surface area contributed by atoms with E-state index in [4.69, 9.17) is 0 Å². The van der Waals surface area contributed by atoms with E-state index in [2.05, 4.69) is 11.3 Å². The lowest BCUT2D eigenvalue weighted by molar-refractivity contribution is -0.117. The normalized spacial score (nSPS) is 15.8. The van der Waals surface area contributed by atoms with Crippen LogP contribution in [-0.2, 0) is 14.8 Å². The molecule has 1 aromatic carbocycles. The van der Waals surface area contributed by atoms with Gasteiger partial charge in [-0.05, 0) is 30.7 Å². The van der Waals surface area contributed by atoms with Crippen LogP contribution < -0.4 is 9.62 Å². The van der Waals surface area contributed by atoms with E-state index in [1.54, 1.807) is 17.0 Å². The molecule has 6 heteroatoms. The van der Waals surface area contributed by atoms with Crippen molar-refractivity contribution in [1.82, 2.24) is 4.72 Å². The van der Waals surface area contributed by atoms with Crippen molar-refractivity contribution in [1.29, 1.82) is 0 Å². The molecule has 0 bridgehead atoms. The summed E-state index contributed by atoms with van der Waals surface area (Å²) >= 11 is 0. The Labute approximate surface area is 113 Å². The zero-order valence-corrected chi connectivity index (χ0v) is 11.3. The minimum absolute atomic E-state index is 0.0837. The summed E-state index contributed by atoms with van der Waals surface area (Å²) in [5.74, 6) is 0.0837. The second-order valence-corrected chi connectivity index (χ2v) is 6.05. The summed E-state index contributed by atoms with van der Waals surface area (Å²) in [5, 5.41) is 0. The fourth-order valence-electron chi connectivity index (χ4n) is 1.98. The van der Waals surface area contributed by atoms with Gasteiger partial charge in [-0.1, -0.05) is 6.08 Å². The van der Waals surface area contributed by atoms with Gasteiger partial charge in [-0.3, -0.25) is 4.79 Å². The van der Waals surface area contributed by atoms with E-state index in [9.17, 15) is 13.2 Å². The SMILES string of the molecule is C=CCNS(=O)(=O)c1ccc(N2CCCC2=O)cc1. The number of nitrogens with zero attached hydrogens (tertiary/aromatic N) is 1. The topological polar surface area (TPSA) is 66.5 Å². The van der Waals surface area contributed by atoms with Crippen molar-refractivity contribution in [2.24, 2.45) is 0 Å². The summed E-state index contributed by atoms with van der Waals surface area (Å²) in [4.78, 5) is 13.4. The van der Waals surface area contributed by atoms with Crippen molar-refractivity contribution in [3.8, 4) is 0 Å². The molecule has 0 aromatic heterocycles. The number of anilines is 1. The Hall–Kier alpha value is -1.66. The summed E-state index contributed by atoms with van der Waals surface area (Å²) < 4.78 is 26.1. The van der Waals surface area contributed by atoms with Crippen LogP contribution >= 0.6 is 0 Å². The third kappa shape index (κ3) is 3.02. The van der Waals surface area contributed by atoms with Crippen molar-refractivity contribution in [2.45, 2.75) is 17.7 Å². The molecule has 1 amide bonds. The van der Waals surface area contributed by atoms with Crippen LogP contribution in [0.3, 0.4) is 0 Å². The second kappa shape index (κ2) is 5.54. The summed E-state index contributed by atoms with van der Waals surface area (Å²) in [6.07, 6.45) is 2.88. The van der Waals surface area contributed by atoms with E-state index in [-0.39, 0.29) is 17.3 Å². The molecule has 0 radical (unpaired) electrons. The molecule has 0 atom stereocenters. The smallest absolute Gasteiger partial charge is 0.240 e. The number of rotatable bonds is 5. The molecule has 0 spiro atoms. The van der Waals surface area contributed by atoms with Crippen LogP contribution in [-0.4, -0.2) is 27.4 Å². The van der Waals surface area contributed by atoms with E-state index in [1.807, 2.05) is 0 Å². The fourth-order valence-corrected chi connectivity index (χ4v) is 2.98. The first kappa shape index (κ1) is 13.8. The molecule has 1 saturated heterocycles. The Bertz CT molecular complexity index is 578. The summed E-state index contributed by atoms with van der Waals surface area (Å²) in [7, 11) is -3.50. The molecule has 1 aliphatic rings. The van der Waals surface area contributed by atoms with Gasteiger partial charge in [0.15, 0.2) is 0 Å². The highest BCUT2D eigenvalue weighted by atomic mass is 32.2. The summed E-state index contributed by atoms with van der Waals surface area (Å²) in [5.41, 5.74) is 0.741. The highest BCUT2D eigenvalue weighted by molar-refractivity contribution is 7.89. The van der Waals surface area contributed by atoms with Crippen LogP contribution in [0.2, 0.25) is 0 Å². The van der Waals surface area contributed by atoms with Crippen LogP contribution in [0.25, 0.3) is 0 Å². The van der Waals surface area contributed by atoms with E-state index < -0.39 is 10.0 Å². The number of hydrogen-bond donors (Lipinski definition) is 1. The highest BCUT2D eigenvalue weighted by Crippen LogP contribution is 2.22. The third-order valence-electron chi connectivity index (χ3n) is 2.95. The standard InChI is InChI=1S/C13H16N2O3S/c1-2-9-14-19(17,18)12-7-5-11(6-8-12)15-10-3-4-13(15)16/h2,5-8,14H,1,3-4,9-10H2. The fraction of sp³-hybridized carbons (Fsp3) is 0.308. The minimum Gasteiger partial charge on any atom is -0.312 e. The molecule has 1 aliphatic heterocycles. The molecule has 102 valence electrons. The summed E-state index contributed by atoms with van der Waals surface area (Å²) in [6.45, 7) is 4.34. The molecule has 19 heavy (non-hydrogen) atoms. The van der Waals surface area contributed by atoms with Gasteiger partial charge in [0.05, 0.1) is 4.90 Å². The third-order valence-corrected chi connectivity index (χ3v) is 4.39. The van der Waals surface area contributed by atoms with Crippen LogP contribution in [0, 0.1) is 0 Å². The number of sulfonamides is 1.